The van der Waals surface area contributed by atoms with Gasteiger partial charge in [0.15, 0.2) is 5.82 Å². The highest BCUT2D eigenvalue weighted by atomic mass is 19.1. The number of amides is 1. The summed E-state index contributed by atoms with van der Waals surface area (Å²) in [6, 6.07) is 1.41. The summed E-state index contributed by atoms with van der Waals surface area (Å²) in [6.45, 7) is 2.80. The molecular weight excluding hydrogens is 219 g/mol. The first kappa shape index (κ1) is 12.0. The lowest BCUT2D eigenvalue weighted by Gasteiger charge is -2.14. The first-order chi connectivity index (χ1) is 8.17. The number of nitrogens with zero attached hydrogens (tertiary/aromatic N) is 1. The number of hydrogen-bond donors (Lipinski definition) is 1. The fraction of sp³-hybridized carbons (Fsp3) is 0.538. The van der Waals surface area contributed by atoms with Gasteiger partial charge in [-0.3, -0.25) is 9.78 Å². The maximum atomic E-state index is 13.3. The molecule has 17 heavy (non-hydrogen) atoms. The minimum atomic E-state index is -0.565. The van der Waals surface area contributed by atoms with E-state index in [9.17, 15) is 9.18 Å². The maximum absolute atomic E-state index is 13.3. The minimum Gasteiger partial charge on any atom is -0.351 e. The van der Waals surface area contributed by atoms with Gasteiger partial charge in [0.1, 0.15) is 0 Å². The Morgan fingerprint density at radius 1 is 1.59 bits per heavy atom. The normalized spacial score (nSPS) is 16.6. The number of rotatable bonds is 5. The molecule has 1 saturated carbocycles. The molecule has 0 unspecified atom stereocenters. The molecule has 3 nitrogen and oxygen atoms in total. The van der Waals surface area contributed by atoms with Crippen LogP contribution in [-0.4, -0.2) is 17.4 Å². The van der Waals surface area contributed by atoms with Crippen LogP contribution < -0.4 is 5.32 Å². The minimum absolute atomic E-state index is 0.0762. The van der Waals surface area contributed by atoms with Crippen LogP contribution in [0.15, 0.2) is 18.5 Å². The van der Waals surface area contributed by atoms with Gasteiger partial charge < -0.3 is 5.32 Å². The van der Waals surface area contributed by atoms with E-state index in [1.54, 1.807) is 0 Å². The van der Waals surface area contributed by atoms with E-state index in [-0.39, 0.29) is 16.9 Å². The predicted octanol–water partition coefficient (Wildman–Crippen LogP) is 2.53. The Morgan fingerprint density at radius 3 is 2.94 bits per heavy atom. The van der Waals surface area contributed by atoms with Crippen molar-refractivity contribution in [3.05, 3.63) is 29.8 Å². The lowest BCUT2D eigenvalue weighted by molar-refractivity contribution is 0.0939. The zero-order valence-corrected chi connectivity index (χ0v) is 10.0. The summed E-state index contributed by atoms with van der Waals surface area (Å²) < 4.78 is 13.3. The number of aromatic nitrogens is 1. The molecular formula is C13H17FN2O. The van der Waals surface area contributed by atoms with Crippen molar-refractivity contribution in [2.75, 3.05) is 6.54 Å². The van der Waals surface area contributed by atoms with Gasteiger partial charge in [0.2, 0.25) is 0 Å². The second-order valence-electron chi connectivity index (χ2n) is 4.79. The van der Waals surface area contributed by atoms with Gasteiger partial charge in [-0.05, 0) is 30.7 Å². The van der Waals surface area contributed by atoms with Crippen LogP contribution in [0.25, 0.3) is 0 Å². The molecule has 0 aliphatic heterocycles. The summed E-state index contributed by atoms with van der Waals surface area (Å²) >= 11 is 0. The quantitative estimate of drug-likeness (QED) is 0.853. The molecule has 0 radical (unpaired) electrons. The average molecular weight is 236 g/mol. The molecule has 1 aliphatic rings. The van der Waals surface area contributed by atoms with E-state index in [1.165, 1.54) is 25.1 Å². The molecule has 1 heterocycles. The van der Waals surface area contributed by atoms with Crippen LogP contribution in [0, 0.1) is 11.2 Å². The van der Waals surface area contributed by atoms with E-state index in [4.69, 9.17) is 0 Å². The van der Waals surface area contributed by atoms with E-state index >= 15 is 0 Å². The van der Waals surface area contributed by atoms with Crippen LogP contribution in [0.2, 0.25) is 0 Å². The van der Waals surface area contributed by atoms with Crippen LogP contribution in [0.1, 0.15) is 43.0 Å². The number of carbonyl (C=O) groups is 1. The molecule has 0 spiro atoms. The molecule has 1 amide bonds. The van der Waals surface area contributed by atoms with E-state index in [1.807, 2.05) is 0 Å². The standard InChI is InChI=1S/C13H17FN2O/c1-2-4-13(5-6-13)9-16-12(17)10-3-7-15-8-11(10)14/h3,7-8H,2,4-6,9H2,1H3,(H,16,17). The highest BCUT2D eigenvalue weighted by molar-refractivity contribution is 5.94. The van der Waals surface area contributed by atoms with Crippen molar-refractivity contribution in [3.63, 3.8) is 0 Å². The third-order valence-corrected chi connectivity index (χ3v) is 3.38. The average Bonchev–Trinajstić information content (AvgIpc) is 3.08. The number of carbonyl (C=O) groups excluding carboxylic acids is 1. The largest absolute Gasteiger partial charge is 0.351 e. The lowest BCUT2D eigenvalue weighted by Crippen LogP contribution is -2.30. The van der Waals surface area contributed by atoms with E-state index in [0.29, 0.717) is 6.54 Å². The molecule has 1 aromatic heterocycles. The van der Waals surface area contributed by atoms with E-state index in [0.717, 1.165) is 19.0 Å². The molecule has 0 saturated heterocycles. The van der Waals surface area contributed by atoms with Crippen molar-refractivity contribution in [1.82, 2.24) is 10.3 Å². The van der Waals surface area contributed by atoms with Gasteiger partial charge in [-0.2, -0.15) is 0 Å². The topological polar surface area (TPSA) is 42.0 Å². The molecule has 0 aromatic carbocycles. The van der Waals surface area contributed by atoms with Crippen LogP contribution in [-0.2, 0) is 0 Å². The molecule has 4 heteroatoms. The predicted molar refractivity (Wildman–Crippen MR) is 63.1 cm³/mol. The molecule has 1 aliphatic carbocycles. The molecule has 1 fully saturated rings. The fourth-order valence-electron chi connectivity index (χ4n) is 2.14. The summed E-state index contributed by atoms with van der Waals surface area (Å²) in [5.74, 6) is -0.905. The Morgan fingerprint density at radius 2 is 2.35 bits per heavy atom. The zero-order chi connectivity index (χ0) is 12.3. The molecule has 0 atom stereocenters. The van der Waals surface area contributed by atoms with Crippen molar-refractivity contribution in [2.45, 2.75) is 32.6 Å². The summed E-state index contributed by atoms with van der Waals surface area (Å²) in [5, 5.41) is 2.82. The van der Waals surface area contributed by atoms with Gasteiger partial charge in [-0.15, -0.1) is 0 Å². The van der Waals surface area contributed by atoms with Crippen LogP contribution >= 0.6 is 0 Å². The first-order valence-electron chi connectivity index (χ1n) is 6.05. The molecule has 92 valence electrons. The Labute approximate surface area is 100 Å². The second-order valence-corrected chi connectivity index (χ2v) is 4.79. The van der Waals surface area contributed by atoms with Crippen LogP contribution in [0.5, 0.6) is 0 Å². The van der Waals surface area contributed by atoms with Crippen LogP contribution in [0.3, 0.4) is 0 Å². The van der Waals surface area contributed by atoms with Gasteiger partial charge in [0, 0.05) is 12.7 Å². The first-order valence-corrected chi connectivity index (χ1v) is 6.05. The van der Waals surface area contributed by atoms with Crippen molar-refractivity contribution in [2.24, 2.45) is 5.41 Å². The van der Waals surface area contributed by atoms with Gasteiger partial charge in [0.25, 0.3) is 5.91 Å². The number of halogens is 1. The Hall–Kier alpha value is -1.45. The van der Waals surface area contributed by atoms with Crippen molar-refractivity contribution in [3.8, 4) is 0 Å². The lowest BCUT2D eigenvalue weighted by atomic mass is 10.0. The number of hydrogen-bond acceptors (Lipinski definition) is 2. The second kappa shape index (κ2) is 4.82. The van der Waals surface area contributed by atoms with Crippen molar-refractivity contribution >= 4 is 5.91 Å². The number of pyridine rings is 1. The fourth-order valence-corrected chi connectivity index (χ4v) is 2.14. The molecule has 0 bridgehead atoms. The van der Waals surface area contributed by atoms with Crippen LogP contribution in [0.4, 0.5) is 4.39 Å². The highest BCUT2D eigenvalue weighted by Crippen LogP contribution is 2.48. The summed E-state index contributed by atoms with van der Waals surface area (Å²) in [4.78, 5) is 15.4. The van der Waals surface area contributed by atoms with Gasteiger partial charge >= 0.3 is 0 Å². The smallest absolute Gasteiger partial charge is 0.254 e. The Kier molecular flexibility index (Phi) is 3.41. The summed E-state index contributed by atoms with van der Waals surface area (Å²) in [7, 11) is 0. The van der Waals surface area contributed by atoms with Crippen molar-refractivity contribution < 1.29 is 9.18 Å². The third kappa shape index (κ3) is 2.81. The zero-order valence-electron chi connectivity index (χ0n) is 10.0. The highest BCUT2D eigenvalue weighted by Gasteiger charge is 2.41. The Balaban J connectivity index is 1.92. The summed E-state index contributed by atoms with van der Waals surface area (Å²) in [6.07, 6.45) is 7.08. The van der Waals surface area contributed by atoms with Gasteiger partial charge in [-0.25, -0.2) is 4.39 Å². The molecule has 1 N–H and O–H groups in total. The van der Waals surface area contributed by atoms with Crippen molar-refractivity contribution in [1.29, 1.82) is 0 Å². The Bertz CT molecular complexity index is 416. The summed E-state index contributed by atoms with van der Waals surface area (Å²) in [5.41, 5.74) is 0.362. The number of nitrogens with one attached hydrogen (secondary N) is 1. The SMILES string of the molecule is CCCC1(CNC(=O)c2ccncc2F)CC1. The molecule has 1 aromatic rings. The third-order valence-electron chi connectivity index (χ3n) is 3.38. The monoisotopic (exact) mass is 236 g/mol. The van der Waals surface area contributed by atoms with E-state index in [2.05, 4.69) is 17.2 Å². The van der Waals surface area contributed by atoms with E-state index < -0.39 is 5.82 Å². The van der Waals surface area contributed by atoms with Gasteiger partial charge in [0.05, 0.1) is 11.8 Å². The maximum Gasteiger partial charge on any atom is 0.254 e. The molecule has 2 rings (SSSR count). The van der Waals surface area contributed by atoms with Gasteiger partial charge in [-0.1, -0.05) is 13.3 Å².